The van der Waals surface area contributed by atoms with Crippen molar-refractivity contribution in [1.29, 1.82) is 0 Å². The number of aromatic nitrogens is 6. The molecule has 0 aliphatic carbocycles. The topological polar surface area (TPSA) is 184 Å². The van der Waals surface area contributed by atoms with E-state index in [-0.39, 0.29) is 42.7 Å². The number of nitrogens with zero attached hydrogens (tertiary/aromatic N) is 6. The Labute approximate surface area is 352 Å². The van der Waals surface area contributed by atoms with E-state index in [1.54, 1.807) is 27.8 Å². The lowest BCUT2D eigenvalue weighted by molar-refractivity contribution is -0.122. The molecule has 0 saturated heterocycles. The molecule has 3 aromatic carbocycles. The van der Waals surface area contributed by atoms with Gasteiger partial charge >= 0.3 is 6.09 Å². The van der Waals surface area contributed by atoms with Crippen LogP contribution in [-0.2, 0) is 53.5 Å². The van der Waals surface area contributed by atoms with Crippen molar-refractivity contribution in [3.63, 3.8) is 0 Å². The molecule has 0 saturated carbocycles. The summed E-state index contributed by atoms with van der Waals surface area (Å²) in [7, 11) is 3.27. The van der Waals surface area contributed by atoms with E-state index in [0.717, 1.165) is 68.6 Å². The average Bonchev–Trinajstić information content (AvgIpc) is 3.84. The van der Waals surface area contributed by atoms with Crippen molar-refractivity contribution in [2.24, 2.45) is 5.92 Å². The highest BCUT2D eigenvalue weighted by Crippen LogP contribution is 2.34. The van der Waals surface area contributed by atoms with Crippen molar-refractivity contribution < 1.29 is 19.1 Å². The minimum Gasteiger partial charge on any atom is -0.445 e. The highest BCUT2D eigenvalue weighted by Gasteiger charge is 2.18. The molecule has 59 heavy (non-hydrogen) atoms. The van der Waals surface area contributed by atoms with Gasteiger partial charge in [0, 0.05) is 48.0 Å². The number of aryl methyl sites for hydroxylation is 1. The summed E-state index contributed by atoms with van der Waals surface area (Å²) in [5.41, 5.74) is 12.5. The predicted molar refractivity (Wildman–Crippen MR) is 234 cm³/mol. The Bertz CT molecular complexity index is 2350. The van der Waals surface area contributed by atoms with E-state index >= 15 is 0 Å². The minimum atomic E-state index is -0.489. The Kier molecular flexibility index (Phi) is 15.2. The monoisotopic (exact) mass is 836 g/mol. The third kappa shape index (κ3) is 12.4. The fraction of sp³-hybridized carbons (Fsp3) is 0.372. The number of fused-ring (bicyclic) bond motifs is 3. The van der Waals surface area contributed by atoms with E-state index in [1.807, 2.05) is 75.4 Å². The van der Waals surface area contributed by atoms with Crippen molar-refractivity contribution in [2.45, 2.75) is 96.3 Å². The first kappa shape index (κ1) is 43.0. The molecule has 0 aliphatic rings. The van der Waals surface area contributed by atoms with Gasteiger partial charge in [-0.2, -0.15) is 0 Å². The number of nitrogens with two attached hydrogens (primary N) is 1. The van der Waals surface area contributed by atoms with Crippen LogP contribution in [0.2, 0.25) is 0 Å². The first-order valence-corrected chi connectivity index (χ1v) is 22.1. The number of unbranched alkanes of at least 4 members (excludes halogenated alkanes) is 1. The van der Waals surface area contributed by atoms with Crippen LogP contribution in [0.4, 0.5) is 10.6 Å². The number of amides is 3. The van der Waals surface area contributed by atoms with Gasteiger partial charge in [0.1, 0.15) is 30.2 Å². The van der Waals surface area contributed by atoms with Crippen molar-refractivity contribution in [3.8, 4) is 0 Å². The normalized spacial score (nSPS) is 11.9. The van der Waals surface area contributed by atoms with Crippen molar-refractivity contribution >= 4 is 67.2 Å². The number of imidazole rings is 1. The molecule has 0 radical (unpaired) electrons. The number of hydrogen-bond donors (Lipinski definition) is 4. The molecule has 310 valence electrons. The maximum atomic E-state index is 12.6. The number of benzene rings is 3. The molecular weight excluding hydrogens is 785 g/mol. The van der Waals surface area contributed by atoms with Crippen LogP contribution in [0.25, 0.3) is 21.9 Å². The number of carbonyl (C=O) groups is 3. The van der Waals surface area contributed by atoms with E-state index in [2.05, 4.69) is 60.9 Å². The van der Waals surface area contributed by atoms with E-state index < -0.39 is 6.09 Å². The molecule has 0 aliphatic heterocycles. The first-order valence-electron chi connectivity index (χ1n) is 19.9. The Morgan fingerprint density at radius 2 is 1.61 bits per heavy atom. The number of nitrogens with one attached hydrogen (secondary N) is 3. The number of hydrogen-bond acceptors (Lipinski definition) is 11. The Balaban J connectivity index is 0.898. The number of nitrogen functional groups attached to an aromatic ring is 1. The van der Waals surface area contributed by atoms with Gasteiger partial charge in [0.2, 0.25) is 11.8 Å². The zero-order valence-electron chi connectivity index (χ0n) is 33.9. The molecular formula is C43H52N10O4S2. The number of anilines is 1. The molecule has 6 rings (SSSR count). The van der Waals surface area contributed by atoms with Crippen LogP contribution in [0.3, 0.4) is 0 Å². The summed E-state index contributed by atoms with van der Waals surface area (Å²) in [6, 6.07) is 24.1. The third-order valence-electron chi connectivity index (χ3n) is 9.38. The molecule has 0 fully saturated rings. The molecule has 1 atom stereocenters. The van der Waals surface area contributed by atoms with Gasteiger partial charge in [-0.1, -0.05) is 116 Å². The van der Waals surface area contributed by atoms with Crippen molar-refractivity contribution in [2.75, 3.05) is 12.3 Å². The second-order valence-corrected chi connectivity index (χ2v) is 17.6. The van der Waals surface area contributed by atoms with Crippen molar-refractivity contribution in [3.05, 3.63) is 107 Å². The Hall–Kier alpha value is -5.61. The second kappa shape index (κ2) is 20.9. The zero-order valence-corrected chi connectivity index (χ0v) is 35.6. The van der Waals surface area contributed by atoms with Crippen LogP contribution in [0.5, 0.6) is 0 Å². The number of rotatable bonds is 20. The Morgan fingerprint density at radius 1 is 0.864 bits per heavy atom. The largest absolute Gasteiger partial charge is 0.445 e. The number of para-hydroxylation sites is 1. The van der Waals surface area contributed by atoms with Gasteiger partial charge in [0.15, 0.2) is 5.82 Å². The summed E-state index contributed by atoms with van der Waals surface area (Å²) in [4.78, 5) is 47.5. The SMILES string of the molecule is CCCCc1nc2c(N)nc3ccccc3c2n1Cc1ccc(CNC(=O)OCc2ccc(SSC(C)CNC(=O)Cn3cc(CNC(=O)CC(C)C)nn3)cc2)cc1. The summed E-state index contributed by atoms with van der Waals surface area (Å²) in [6.45, 7) is 10.1. The zero-order chi connectivity index (χ0) is 41.7. The van der Waals surface area contributed by atoms with E-state index in [1.165, 1.54) is 4.68 Å². The second-order valence-electron chi connectivity index (χ2n) is 14.9. The van der Waals surface area contributed by atoms with Gasteiger partial charge < -0.3 is 31.0 Å². The smallest absolute Gasteiger partial charge is 0.407 e. The number of pyridine rings is 1. The van der Waals surface area contributed by atoms with Crippen LogP contribution >= 0.6 is 21.6 Å². The van der Waals surface area contributed by atoms with E-state index in [0.29, 0.717) is 37.6 Å². The highest BCUT2D eigenvalue weighted by molar-refractivity contribution is 8.76. The van der Waals surface area contributed by atoms with Gasteiger partial charge in [-0.25, -0.2) is 19.4 Å². The van der Waals surface area contributed by atoms with E-state index in [4.69, 9.17) is 15.5 Å². The number of ether oxygens (including phenoxy) is 1. The fourth-order valence-corrected chi connectivity index (χ4v) is 8.36. The number of alkyl carbamates (subject to hydrolysis) is 1. The van der Waals surface area contributed by atoms with E-state index in [9.17, 15) is 14.4 Å². The summed E-state index contributed by atoms with van der Waals surface area (Å²) in [6.07, 6.45) is 4.58. The minimum absolute atomic E-state index is 0.0375. The third-order valence-corrected chi connectivity index (χ3v) is 12.3. The first-order chi connectivity index (χ1) is 28.5. The van der Waals surface area contributed by atoms with Gasteiger partial charge in [-0.3, -0.25) is 9.59 Å². The Morgan fingerprint density at radius 3 is 2.37 bits per heavy atom. The van der Waals surface area contributed by atoms with Crippen molar-refractivity contribution in [1.82, 2.24) is 45.5 Å². The molecule has 14 nitrogen and oxygen atoms in total. The summed E-state index contributed by atoms with van der Waals surface area (Å²) >= 11 is 0. The molecule has 3 heterocycles. The van der Waals surface area contributed by atoms with Gasteiger partial charge in [-0.05, 0) is 47.2 Å². The van der Waals surface area contributed by atoms with Crippen LogP contribution < -0.4 is 21.7 Å². The molecule has 3 aromatic heterocycles. The van der Waals surface area contributed by atoms with Crippen LogP contribution in [0, 0.1) is 5.92 Å². The quantitative estimate of drug-likeness (QED) is 0.0572. The van der Waals surface area contributed by atoms with Gasteiger partial charge in [0.05, 0.1) is 23.8 Å². The predicted octanol–water partition coefficient (Wildman–Crippen LogP) is 7.18. The lowest BCUT2D eigenvalue weighted by Crippen LogP contribution is -2.32. The average molecular weight is 837 g/mol. The van der Waals surface area contributed by atoms with Crippen LogP contribution in [-0.4, -0.2) is 59.2 Å². The standard InChI is InChI=1S/C43H52N10O4S2/c1-5-6-11-37-49-40-41(35-9-7-8-10-36(35)48-42(40)44)53(37)24-31-14-12-30(13-15-31)22-47-43(56)57-27-32-16-18-34(19-17-32)59-58-29(4)21-45-39(55)26-52-25-33(50-51-52)23-46-38(54)20-28(2)3/h7-10,12-19,25,28-29H,5-6,11,20-24,26-27H2,1-4H3,(H2,44,48)(H,45,55)(H,46,54)(H,47,56). The lowest BCUT2D eigenvalue weighted by atomic mass is 10.1. The lowest BCUT2D eigenvalue weighted by Gasteiger charge is -2.12. The van der Waals surface area contributed by atoms with Crippen LogP contribution in [0.15, 0.2) is 83.9 Å². The maximum Gasteiger partial charge on any atom is 0.407 e. The molecule has 0 bridgehead atoms. The molecule has 0 spiro atoms. The highest BCUT2D eigenvalue weighted by atomic mass is 33.1. The summed E-state index contributed by atoms with van der Waals surface area (Å²) in [5.74, 6) is 1.51. The maximum absolute atomic E-state index is 12.6. The number of carbonyl (C=O) groups excluding carboxylic acids is 3. The summed E-state index contributed by atoms with van der Waals surface area (Å²) < 4.78 is 9.22. The van der Waals surface area contributed by atoms with Gasteiger partial charge in [0.25, 0.3) is 0 Å². The molecule has 3 amide bonds. The van der Waals surface area contributed by atoms with Gasteiger partial charge in [-0.15, -0.1) is 5.10 Å². The molecule has 5 N–H and O–H groups in total. The molecule has 16 heteroatoms. The fourth-order valence-electron chi connectivity index (χ4n) is 6.32. The molecule has 1 unspecified atom stereocenters. The van der Waals surface area contributed by atoms with Crippen LogP contribution in [0.1, 0.15) is 75.2 Å². The molecule has 6 aromatic rings. The summed E-state index contributed by atoms with van der Waals surface area (Å²) in [5, 5.41) is 17.8.